The molecule has 1 heterocycles. The van der Waals surface area contributed by atoms with Crippen molar-refractivity contribution in [2.45, 2.75) is 12.0 Å². The monoisotopic (exact) mass is 237 g/mol. The van der Waals surface area contributed by atoms with Gasteiger partial charge in [-0.25, -0.2) is 9.18 Å². The number of amides is 3. The van der Waals surface area contributed by atoms with Gasteiger partial charge in [-0.15, -0.1) is 0 Å². The smallest absolute Gasteiger partial charge is 0.322 e. The topological polar surface area (TPSA) is 84.2 Å². The summed E-state index contributed by atoms with van der Waals surface area (Å²) in [6.07, 6.45) is 0.260. The standard InChI is InChI=1S/C11H12FN3O2/c12-8-3-1-7(2-4-8)11(5-6-13)9(16)14-10(17)15-11/h1-4H,5-6,13H2,(H2,14,15,16,17). The normalized spacial score (nSPS) is 23.4. The zero-order valence-corrected chi connectivity index (χ0v) is 9.00. The van der Waals surface area contributed by atoms with Gasteiger partial charge in [0.15, 0.2) is 0 Å². The number of carbonyl (C=O) groups excluding carboxylic acids is 2. The van der Waals surface area contributed by atoms with Crippen LogP contribution >= 0.6 is 0 Å². The largest absolute Gasteiger partial charge is 0.330 e. The van der Waals surface area contributed by atoms with Crippen molar-refractivity contribution in [1.29, 1.82) is 0 Å². The first-order chi connectivity index (χ1) is 8.08. The van der Waals surface area contributed by atoms with Crippen molar-refractivity contribution in [3.63, 3.8) is 0 Å². The number of urea groups is 1. The Hall–Kier alpha value is -1.95. The lowest BCUT2D eigenvalue weighted by Gasteiger charge is -2.25. The van der Waals surface area contributed by atoms with Crippen molar-refractivity contribution in [3.05, 3.63) is 35.6 Å². The SMILES string of the molecule is NCCC1(c2ccc(F)cc2)NC(=O)NC1=O. The molecule has 1 atom stereocenters. The Morgan fingerprint density at radius 2 is 1.88 bits per heavy atom. The first-order valence-corrected chi connectivity index (χ1v) is 5.18. The van der Waals surface area contributed by atoms with Gasteiger partial charge in [0, 0.05) is 0 Å². The summed E-state index contributed by atoms with van der Waals surface area (Å²) in [4.78, 5) is 23.1. The van der Waals surface area contributed by atoms with Crippen LogP contribution in [0.15, 0.2) is 24.3 Å². The van der Waals surface area contributed by atoms with E-state index in [0.717, 1.165) is 0 Å². The molecule has 1 fully saturated rings. The maximum atomic E-state index is 12.8. The molecule has 17 heavy (non-hydrogen) atoms. The Labute approximate surface area is 97.2 Å². The molecule has 3 amide bonds. The number of halogens is 1. The summed E-state index contributed by atoms with van der Waals surface area (Å²) in [7, 11) is 0. The van der Waals surface area contributed by atoms with Gasteiger partial charge in [0.2, 0.25) is 0 Å². The summed E-state index contributed by atoms with van der Waals surface area (Å²) < 4.78 is 12.8. The zero-order valence-electron chi connectivity index (χ0n) is 9.00. The highest BCUT2D eigenvalue weighted by Gasteiger charge is 2.46. The van der Waals surface area contributed by atoms with Crippen molar-refractivity contribution in [3.8, 4) is 0 Å². The summed E-state index contributed by atoms with van der Waals surface area (Å²) in [6.45, 7) is 0.227. The fourth-order valence-electron chi connectivity index (χ4n) is 1.97. The van der Waals surface area contributed by atoms with E-state index in [0.29, 0.717) is 5.56 Å². The third-order valence-corrected chi connectivity index (χ3v) is 2.80. The minimum Gasteiger partial charge on any atom is -0.330 e. The van der Waals surface area contributed by atoms with Crippen LogP contribution in [0.2, 0.25) is 0 Å². The fraction of sp³-hybridized carbons (Fsp3) is 0.273. The third-order valence-electron chi connectivity index (χ3n) is 2.80. The van der Waals surface area contributed by atoms with Gasteiger partial charge >= 0.3 is 6.03 Å². The molecule has 1 saturated heterocycles. The van der Waals surface area contributed by atoms with E-state index in [2.05, 4.69) is 10.6 Å². The number of hydrogen-bond acceptors (Lipinski definition) is 3. The molecule has 1 aliphatic heterocycles. The highest BCUT2D eigenvalue weighted by Crippen LogP contribution is 2.28. The van der Waals surface area contributed by atoms with Gasteiger partial charge in [0.05, 0.1) is 0 Å². The molecule has 0 spiro atoms. The first kappa shape index (κ1) is 11.5. The number of nitrogens with one attached hydrogen (secondary N) is 2. The van der Waals surface area contributed by atoms with Gasteiger partial charge in [0.25, 0.3) is 5.91 Å². The molecule has 1 aromatic rings. The van der Waals surface area contributed by atoms with Crippen LogP contribution in [0.25, 0.3) is 0 Å². The van der Waals surface area contributed by atoms with Crippen LogP contribution in [-0.2, 0) is 10.3 Å². The number of imide groups is 1. The average Bonchev–Trinajstić information content (AvgIpc) is 2.56. The third kappa shape index (κ3) is 1.87. The Balaban J connectivity index is 2.44. The van der Waals surface area contributed by atoms with Crippen LogP contribution in [0.3, 0.4) is 0 Å². The van der Waals surface area contributed by atoms with E-state index in [1.807, 2.05) is 0 Å². The number of rotatable bonds is 3. The average molecular weight is 237 g/mol. The van der Waals surface area contributed by atoms with Crippen LogP contribution in [0.1, 0.15) is 12.0 Å². The quantitative estimate of drug-likeness (QED) is 0.657. The predicted molar refractivity (Wildman–Crippen MR) is 58.4 cm³/mol. The molecule has 2 rings (SSSR count). The molecule has 1 aliphatic rings. The van der Waals surface area contributed by atoms with E-state index in [9.17, 15) is 14.0 Å². The second-order valence-corrected chi connectivity index (χ2v) is 3.86. The molecule has 0 aliphatic carbocycles. The molecule has 0 saturated carbocycles. The van der Waals surface area contributed by atoms with Gasteiger partial charge in [-0.1, -0.05) is 12.1 Å². The second kappa shape index (κ2) is 4.14. The highest BCUT2D eigenvalue weighted by atomic mass is 19.1. The van der Waals surface area contributed by atoms with E-state index in [1.165, 1.54) is 24.3 Å². The van der Waals surface area contributed by atoms with E-state index in [-0.39, 0.29) is 13.0 Å². The van der Waals surface area contributed by atoms with E-state index in [4.69, 9.17) is 5.73 Å². The summed E-state index contributed by atoms with van der Waals surface area (Å²) in [5, 5.41) is 4.72. The van der Waals surface area contributed by atoms with E-state index < -0.39 is 23.3 Å². The number of hydrogen-bond donors (Lipinski definition) is 3. The van der Waals surface area contributed by atoms with Crippen molar-refractivity contribution >= 4 is 11.9 Å². The summed E-state index contributed by atoms with van der Waals surface area (Å²) in [5.74, 6) is -0.860. The second-order valence-electron chi connectivity index (χ2n) is 3.86. The van der Waals surface area contributed by atoms with Gasteiger partial charge < -0.3 is 11.1 Å². The van der Waals surface area contributed by atoms with Crippen molar-refractivity contribution < 1.29 is 14.0 Å². The summed E-state index contributed by atoms with van der Waals surface area (Å²) in [5.41, 5.74) is 4.80. The maximum Gasteiger partial charge on any atom is 0.322 e. The molecular formula is C11H12FN3O2. The fourth-order valence-corrected chi connectivity index (χ4v) is 1.97. The Bertz CT molecular complexity index is 460. The summed E-state index contributed by atoms with van der Waals surface area (Å²) >= 11 is 0. The van der Waals surface area contributed by atoms with Gasteiger partial charge in [-0.3, -0.25) is 10.1 Å². The molecule has 0 radical (unpaired) electrons. The van der Waals surface area contributed by atoms with Crippen LogP contribution in [0.4, 0.5) is 9.18 Å². The van der Waals surface area contributed by atoms with Gasteiger partial charge in [0.1, 0.15) is 11.4 Å². The summed E-state index contributed by atoms with van der Waals surface area (Å²) in [6, 6.07) is 4.86. The lowest BCUT2D eigenvalue weighted by molar-refractivity contribution is -0.124. The number of nitrogens with two attached hydrogens (primary N) is 1. The number of carbonyl (C=O) groups is 2. The molecule has 4 N–H and O–H groups in total. The molecule has 6 heteroatoms. The van der Waals surface area contributed by atoms with Gasteiger partial charge in [-0.05, 0) is 30.7 Å². The number of benzene rings is 1. The van der Waals surface area contributed by atoms with Crippen LogP contribution < -0.4 is 16.4 Å². The highest BCUT2D eigenvalue weighted by molar-refractivity contribution is 6.07. The molecule has 0 aromatic heterocycles. The van der Waals surface area contributed by atoms with Crippen molar-refractivity contribution in [2.24, 2.45) is 5.73 Å². The lowest BCUT2D eigenvalue weighted by Crippen LogP contribution is -2.45. The molecule has 1 unspecified atom stereocenters. The lowest BCUT2D eigenvalue weighted by atomic mass is 9.87. The Morgan fingerprint density at radius 1 is 1.24 bits per heavy atom. The van der Waals surface area contributed by atoms with Crippen LogP contribution in [0.5, 0.6) is 0 Å². The maximum absolute atomic E-state index is 12.8. The first-order valence-electron chi connectivity index (χ1n) is 5.18. The molecule has 1 aromatic carbocycles. The zero-order chi connectivity index (χ0) is 12.5. The van der Waals surface area contributed by atoms with E-state index in [1.54, 1.807) is 0 Å². The Morgan fingerprint density at radius 3 is 2.35 bits per heavy atom. The van der Waals surface area contributed by atoms with Crippen molar-refractivity contribution in [1.82, 2.24) is 10.6 Å². The molecule has 5 nitrogen and oxygen atoms in total. The molecule has 0 bridgehead atoms. The minimum atomic E-state index is -1.18. The van der Waals surface area contributed by atoms with Crippen molar-refractivity contribution in [2.75, 3.05) is 6.54 Å². The van der Waals surface area contributed by atoms with Crippen LogP contribution in [0, 0.1) is 5.82 Å². The van der Waals surface area contributed by atoms with Crippen LogP contribution in [-0.4, -0.2) is 18.5 Å². The van der Waals surface area contributed by atoms with E-state index >= 15 is 0 Å². The predicted octanol–water partition coefficient (Wildman–Crippen LogP) is 0.209. The van der Waals surface area contributed by atoms with Gasteiger partial charge in [-0.2, -0.15) is 0 Å². The minimum absolute atomic E-state index is 0.227. The Kier molecular flexibility index (Phi) is 2.81. The molecular weight excluding hydrogens is 225 g/mol. The molecule has 90 valence electrons.